The second-order valence-electron chi connectivity index (χ2n) is 6.62. The van der Waals surface area contributed by atoms with Crippen molar-refractivity contribution in [2.45, 2.75) is 38.5 Å². The fraction of sp³-hybridized carbons (Fsp3) is 0.286. The fourth-order valence-electron chi connectivity index (χ4n) is 3.13. The number of rotatable bonds is 6. The van der Waals surface area contributed by atoms with E-state index >= 15 is 0 Å². The average Bonchev–Trinajstić information content (AvgIpc) is 2.63. The number of carbonyl (C=O) groups excluding carboxylic acids is 1. The summed E-state index contributed by atoms with van der Waals surface area (Å²) < 4.78 is 19.1. The monoisotopic (exact) mass is 354 g/mol. The van der Waals surface area contributed by atoms with Crippen molar-refractivity contribution >= 4 is 5.91 Å². The minimum atomic E-state index is -0.420. The SMILES string of the molecule is Cc1ccccc1OC1C=C(C(N)=O)CC(NCc2ccc(F)cc2)C1. The number of ether oxygens (including phenoxy) is 1. The summed E-state index contributed by atoms with van der Waals surface area (Å²) in [7, 11) is 0. The van der Waals surface area contributed by atoms with Gasteiger partial charge in [-0.05, 0) is 48.7 Å². The second-order valence-corrected chi connectivity index (χ2v) is 6.62. The number of primary amides is 1. The van der Waals surface area contributed by atoms with Crippen LogP contribution in [0.5, 0.6) is 5.75 Å². The molecule has 0 bridgehead atoms. The molecule has 2 aromatic carbocycles. The predicted octanol–water partition coefficient (Wildman–Crippen LogP) is 3.25. The first kappa shape index (κ1) is 18.1. The molecule has 1 aliphatic carbocycles. The first-order chi connectivity index (χ1) is 12.5. The highest BCUT2D eigenvalue weighted by atomic mass is 19.1. The van der Waals surface area contributed by atoms with E-state index in [0.717, 1.165) is 23.3 Å². The molecule has 4 nitrogen and oxygen atoms in total. The number of aryl methyl sites for hydroxylation is 1. The number of para-hydroxylation sites is 1. The molecule has 1 amide bonds. The molecular formula is C21H23FN2O2. The fourth-order valence-corrected chi connectivity index (χ4v) is 3.13. The van der Waals surface area contributed by atoms with Gasteiger partial charge in [0.2, 0.25) is 5.91 Å². The molecule has 0 radical (unpaired) electrons. The molecule has 2 aromatic rings. The van der Waals surface area contributed by atoms with Gasteiger partial charge < -0.3 is 15.8 Å². The van der Waals surface area contributed by atoms with Gasteiger partial charge in [-0.15, -0.1) is 0 Å². The maximum Gasteiger partial charge on any atom is 0.244 e. The maximum absolute atomic E-state index is 13.0. The molecule has 3 rings (SSSR count). The van der Waals surface area contributed by atoms with E-state index in [2.05, 4.69) is 5.32 Å². The van der Waals surface area contributed by atoms with E-state index in [-0.39, 0.29) is 18.0 Å². The van der Waals surface area contributed by atoms with Crippen LogP contribution in [0, 0.1) is 12.7 Å². The van der Waals surface area contributed by atoms with E-state index in [1.165, 1.54) is 12.1 Å². The molecule has 2 atom stereocenters. The van der Waals surface area contributed by atoms with Crippen LogP contribution in [0.1, 0.15) is 24.0 Å². The molecule has 2 unspecified atom stereocenters. The van der Waals surface area contributed by atoms with Gasteiger partial charge in [-0.1, -0.05) is 30.3 Å². The van der Waals surface area contributed by atoms with E-state index in [9.17, 15) is 9.18 Å². The summed E-state index contributed by atoms with van der Waals surface area (Å²) in [5.74, 6) is 0.130. The summed E-state index contributed by atoms with van der Waals surface area (Å²) in [6, 6.07) is 14.2. The Morgan fingerprint density at radius 3 is 2.65 bits per heavy atom. The van der Waals surface area contributed by atoms with Gasteiger partial charge in [-0.25, -0.2) is 4.39 Å². The Morgan fingerprint density at radius 2 is 1.96 bits per heavy atom. The van der Waals surface area contributed by atoms with Crippen LogP contribution < -0.4 is 15.8 Å². The molecule has 136 valence electrons. The normalized spacial score (nSPS) is 19.7. The van der Waals surface area contributed by atoms with Crippen LogP contribution in [-0.2, 0) is 11.3 Å². The summed E-state index contributed by atoms with van der Waals surface area (Å²) in [4.78, 5) is 11.7. The highest BCUT2D eigenvalue weighted by Crippen LogP contribution is 2.25. The number of carbonyl (C=O) groups is 1. The Kier molecular flexibility index (Phi) is 5.68. The Labute approximate surface area is 152 Å². The smallest absolute Gasteiger partial charge is 0.244 e. The Morgan fingerprint density at radius 1 is 1.23 bits per heavy atom. The second kappa shape index (κ2) is 8.15. The van der Waals surface area contributed by atoms with Crippen molar-refractivity contribution in [3.63, 3.8) is 0 Å². The summed E-state index contributed by atoms with van der Waals surface area (Å²) in [5, 5.41) is 3.42. The zero-order chi connectivity index (χ0) is 18.5. The van der Waals surface area contributed by atoms with E-state index in [4.69, 9.17) is 10.5 Å². The zero-order valence-electron chi connectivity index (χ0n) is 14.7. The van der Waals surface area contributed by atoms with E-state index < -0.39 is 5.91 Å². The molecule has 0 saturated carbocycles. The van der Waals surface area contributed by atoms with Crippen molar-refractivity contribution in [2.75, 3.05) is 0 Å². The highest BCUT2D eigenvalue weighted by Gasteiger charge is 2.26. The first-order valence-electron chi connectivity index (χ1n) is 8.72. The van der Waals surface area contributed by atoms with Gasteiger partial charge in [0, 0.05) is 24.6 Å². The molecule has 0 aromatic heterocycles. The molecule has 5 heteroatoms. The molecule has 3 N–H and O–H groups in total. The molecule has 26 heavy (non-hydrogen) atoms. The van der Waals surface area contributed by atoms with Crippen molar-refractivity contribution in [3.8, 4) is 5.75 Å². The van der Waals surface area contributed by atoms with Gasteiger partial charge in [-0.2, -0.15) is 0 Å². The quantitative estimate of drug-likeness (QED) is 0.837. The topological polar surface area (TPSA) is 64.3 Å². The lowest BCUT2D eigenvalue weighted by atomic mass is 9.92. The summed E-state index contributed by atoms with van der Waals surface area (Å²) in [5.41, 5.74) is 8.11. The minimum Gasteiger partial charge on any atom is -0.486 e. The van der Waals surface area contributed by atoms with Gasteiger partial charge in [0.25, 0.3) is 0 Å². The molecule has 0 saturated heterocycles. The van der Waals surface area contributed by atoms with Crippen molar-refractivity contribution in [2.24, 2.45) is 5.73 Å². The average molecular weight is 354 g/mol. The standard InChI is InChI=1S/C21H23FN2O2/c1-14-4-2-3-5-20(14)26-19-11-16(21(23)25)10-18(12-19)24-13-15-6-8-17(22)9-7-15/h2-9,11,18-19,24H,10,12-13H2,1H3,(H2,23,25). The van der Waals surface area contributed by atoms with E-state index in [1.54, 1.807) is 12.1 Å². The third-order valence-corrected chi connectivity index (χ3v) is 4.57. The minimum absolute atomic E-state index is 0.0570. The number of benzene rings is 2. The van der Waals surface area contributed by atoms with Gasteiger partial charge in [-0.3, -0.25) is 4.79 Å². The lowest BCUT2D eigenvalue weighted by molar-refractivity contribution is -0.114. The summed E-state index contributed by atoms with van der Waals surface area (Å²) in [6.07, 6.45) is 2.89. The predicted molar refractivity (Wildman–Crippen MR) is 99.1 cm³/mol. The molecule has 1 aliphatic rings. The summed E-state index contributed by atoms with van der Waals surface area (Å²) >= 11 is 0. The van der Waals surface area contributed by atoms with E-state index in [1.807, 2.05) is 37.3 Å². The lowest BCUT2D eigenvalue weighted by Crippen LogP contribution is -2.39. The van der Waals surface area contributed by atoms with Crippen LogP contribution in [0.3, 0.4) is 0 Å². The summed E-state index contributed by atoms with van der Waals surface area (Å²) in [6.45, 7) is 2.58. The number of nitrogens with two attached hydrogens (primary N) is 1. The van der Waals surface area contributed by atoms with Crippen LogP contribution in [0.2, 0.25) is 0 Å². The van der Waals surface area contributed by atoms with E-state index in [0.29, 0.717) is 18.5 Å². The number of hydrogen-bond donors (Lipinski definition) is 2. The zero-order valence-corrected chi connectivity index (χ0v) is 14.7. The Balaban J connectivity index is 1.68. The number of nitrogens with one attached hydrogen (secondary N) is 1. The van der Waals surface area contributed by atoms with Crippen LogP contribution in [0.25, 0.3) is 0 Å². The largest absolute Gasteiger partial charge is 0.486 e. The third-order valence-electron chi connectivity index (χ3n) is 4.57. The molecule has 0 fully saturated rings. The molecular weight excluding hydrogens is 331 g/mol. The van der Waals surface area contributed by atoms with Crippen LogP contribution in [0.15, 0.2) is 60.2 Å². The van der Waals surface area contributed by atoms with Gasteiger partial charge in [0.15, 0.2) is 0 Å². The van der Waals surface area contributed by atoms with Crippen molar-refractivity contribution < 1.29 is 13.9 Å². The lowest BCUT2D eigenvalue weighted by Gasteiger charge is -2.29. The highest BCUT2D eigenvalue weighted by molar-refractivity contribution is 5.92. The molecule has 0 aliphatic heterocycles. The Bertz CT molecular complexity index is 802. The van der Waals surface area contributed by atoms with Crippen LogP contribution in [0.4, 0.5) is 4.39 Å². The van der Waals surface area contributed by atoms with Gasteiger partial charge in [0.1, 0.15) is 17.7 Å². The number of amides is 1. The third kappa shape index (κ3) is 4.70. The van der Waals surface area contributed by atoms with Gasteiger partial charge >= 0.3 is 0 Å². The first-order valence-corrected chi connectivity index (χ1v) is 8.72. The van der Waals surface area contributed by atoms with Gasteiger partial charge in [0.05, 0.1) is 0 Å². The number of hydrogen-bond acceptors (Lipinski definition) is 3. The van der Waals surface area contributed by atoms with Crippen molar-refractivity contribution in [1.82, 2.24) is 5.32 Å². The van der Waals surface area contributed by atoms with Crippen LogP contribution >= 0.6 is 0 Å². The van der Waals surface area contributed by atoms with Crippen LogP contribution in [-0.4, -0.2) is 18.1 Å². The molecule has 0 heterocycles. The van der Waals surface area contributed by atoms with Crippen molar-refractivity contribution in [1.29, 1.82) is 0 Å². The number of halogens is 1. The molecule has 0 spiro atoms. The Hall–Kier alpha value is -2.66. The maximum atomic E-state index is 13.0. The van der Waals surface area contributed by atoms with Crippen molar-refractivity contribution in [3.05, 3.63) is 77.1 Å².